The quantitative estimate of drug-likeness (QED) is 0.590. The number of nitrogens with one attached hydrogen (secondary N) is 2. The van der Waals surface area contributed by atoms with E-state index in [4.69, 9.17) is 0 Å². The van der Waals surface area contributed by atoms with Crippen molar-refractivity contribution in [1.82, 2.24) is 19.7 Å². The number of hydrogen-bond donors (Lipinski definition) is 2. The van der Waals surface area contributed by atoms with Crippen LogP contribution in [0.3, 0.4) is 0 Å². The lowest BCUT2D eigenvalue weighted by Gasteiger charge is -2.04. The van der Waals surface area contributed by atoms with Gasteiger partial charge in [-0.2, -0.15) is 0 Å². The zero-order valence-corrected chi connectivity index (χ0v) is 17.0. The summed E-state index contributed by atoms with van der Waals surface area (Å²) in [7, 11) is 0. The van der Waals surface area contributed by atoms with Crippen LogP contribution >= 0.6 is 23.1 Å². The molecule has 1 amide bonds. The molecule has 0 radical (unpaired) electrons. The molecule has 3 rings (SSSR count). The molecule has 2 N–H and O–H groups in total. The van der Waals surface area contributed by atoms with Gasteiger partial charge in [0.15, 0.2) is 10.3 Å². The number of carbonyl (C=O) groups excluding carboxylic acids is 1. The Bertz CT molecular complexity index is 1010. The maximum absolute atomic E-state index is 12.2. The van der Waals surface area contributed by atoms with Gasteiger partial charge in [-0.15, -0.1) is 16.4 Å². The Morgan fingerprint density at radius 2 is 2.15 bits per heavy atom. The van der Waals surface area contributed by atoms with Gasteiger partial charge in [-0.05, 0) is 37.5 Å². The van der Waals surface area contributed by atoms with Crippen LogP contribution in [0.25, 0.3) is 11.3 Å². The highest BCUT2D eigenvalue weighted by Crippen LogP contribution is 2.26. The highest BCUT2D eigenvalue weighted by molar-refractivity contribution is 7.99. The summed E-state index contributed by atoms with van der Waals surface area (Å²) in [5.74, 6) is -0.0217. The maximum Gasteiger partial charge on any atom is 0.343 e. The molecule has 3 aromatic rings. The van der Waals surface area contributed by atoms with Crippen LogP contribution in [-0.2, 0) is 11.3 Å². The Kier molecular flexibility index (Phi) is 6.12. The molecule has 27 heavy (non-hydrogen) atoms. The molecular formula is C18H21N5O2S2. The summed E-state index contributed by atoms with van der Waals surface area (Å²) < 4.78 is 1.54. The number of hydrogen-bond acceptors (Lipinski definition) is 6. The van der Waals surface area contributed by atoms with E-state index in [9.17, 15) is 9.59 Å². The van der Waals surface area contributed by atoms with Crippen molar-refractivity contribution in [2.45, 2.75) is 38.9 Å². The fourth-order valence-electron chi connectivity index (χ4n) is 2.48. The van der Waals surface area contributed by atoms with Gasteiger partial charge in [0.25, 0.3) is 0 Å². The summed E-state index contributed by atoms with van der Waals surface area (Å²) in [5.41, 5.74) is 4.07. The summed E-state index contributed by atoms with van der Waals surface area (Å²) in [5, 5.41) is 12.2. The standard InChI is InChI=1S/C18H21N5O2S2/c1-4-7-23-17(25)21-22-18(23)27-10-15(24)20-16-19-14(9-26-16)13-6-5-11(2)12(3)8-13/h5-6,8-9H,4,7,10H2,1-3H3,(H,21,25)(H,19,20,24). The number of H-pyrrole nitrogens is 1. The lowest BCUT2D eigenvalue weighted by atomic mass is 10.1. The fourth-order valence-corrected chi connectivity index (χ4v) is 3.99. The third-order valence-corrected chi connectivity index (χ3v) is 5.79. The first-order chi connectivity index (χ1) is 13.0. The van der Waals surface area contributed by atoms with Gasteiger partial charge in [0.05, 0.1) is 11.4 Å². The van der Waals surface area contributed by atoms with E-state index in [2.05, 4.69) is 46.5 Å². The SMILES string of the molecule is CCCn1c(SCC(=O)Nc2nc(-c3ccc(C)c(C)c3)cs2)n[nH]c1=O. The van der Waals surface area contributed by atoms with Crippen LogP contribution in [0.5, 0.6) is 0 Å². The van der Waals surface area contributed by atoms with E-state index in [-0.39, 0.29) is 17.3 Å². The molecular weight excluding hydrogens is 382 g/mol. The molecule has 0 fully saturated rings. The van der Waals surface area contributed by atoms with Crippen LogP contribution in [0.2, 0.25) is 0 Å². The molecule has 142 valence electrons. The molecule has 9 heteroatoms. The molecule has 0 bridgehead atoms. The van der Waals surface area contributed by atoms with Crippen LogP contribution in [0.1, 0.15) is 24.5 Å². The number of aromatic nitrogens is 4. The molecule has 0 aliphatic carbocycles. The van der Waals surface area contributed by atoms with E-state index < -0.39 is 0 Å². The predicted octanol–water partition coefficient (Wildman–Crippen LogP) is 3.45. The van der Waals surface area contributed by atoms with E-state index in [1.165, 1.54) is 34.2 Å². The van der Waals surface area contributed by atoms with Crippen LogP contribution < -0.4 is 11.0 Å². The van der Waals surface area contributed by atoms with E-state index in [1.807, 2.05) is 18.4 Å². The van der Waals surface area contributed by atoms with Gasteiger partial charge in [0.2, 0.25) is 5.91 Å². The number of aromatic amines is 1. The number of rotatable bonds is 7. The van der Waals surface area contributed by atoms with Gasteiger partial charge in [0.1, 0.15) is 0 Å². The normalized spacial score (nSPS) is 10.9. The third-order valence-electron chi connectivity index (χ3n) is 4.06. The van der Waals surface area contributed by atoms with Crippen molar-refractivity contribution in [3.8, 4) is 11.3 Å². The molecule has 0 aliphatic heterocycles. The van der Waals surface area contributed by atoms with Crippen LogP contribution in [0.4, 0.5) is 5.13 Å². The molecule has 2 aromatic heterocycles. The molecule has 0 aliphatic rings. The summed E-state index contributed by atoms with van der Waals surface area (Å²) >= 11 is 2.62. The average molecular weight is 404 g/mol. The van der Waals surface area contributed by atoms with Crippen LogP contribution in [0.15, 0.2) is 33.5 Å². The molecule has 0 saturated carbocycles. The van der Waals surface area contributed by atoms with Gasteiger partial charge in [-0.25, -0.2) is 14.9 Å². The lowest BCUT2D eigenvalue weighted by molar-refractivity contribution is -0.113. The molecule has 0 spiro atoms. The summed E-state index contributed by atoms with van der Waals surface area (Å²) in [4.78, 5) is 28.4. The fraction of sp³-hybridized carbons (Fsp3) is 0.333. The van der Waals surface area contributed by atoms with E-state index >= 15 is 0 Å². The minimum Gasteiger partial charge on any atom is -0.301 e. The summed E-state index contributed by atoms with van der Waals surface area (Å²) in [6.07, 6.45) is 0.819. The molecule has 0 atom stereocenters. The zero-order valence-electron chi connectivity index (χ0n) is 15.4. The molecule has 1 aromatic carbocycles. The van der Waals surface area contributed by atoms with Crippen molar-refractivity contribution < 1.29 is 4.79 Å². The van der Waals surface area contributed by atoms with Crippen molar-refractivity contribution in [3.05, 3.63) is 45.2 Å². The second-order valence-electron chi connectivity index (χ2n) is 6.14. The van der Waals surface area contributed by atoms with Gasteiger partial charge >= 0.3 is 5.69 Å². The minimum absolute atomic E-state index is 0.159. The first kappa shape index (κ1) is 19.4. The second kappa shape index (κ2) is 8.53. The number of aryl methyl sites for hydroxylation is 2. The van der Waals surface area contributed by atoms with Gasteiger partial charge in [0, 0.05) is 17.5 Å². The molecule has 2 heterocycles. The van der Waals surface area contributed by atoms with E-state index in [0.717, 1.165) is 17.7 Å². The van der Waals surface area contributed by atoms with E-state index in [1.54, 1.807) is 4.57 Å². The smallest absolute Gasteiger partial charge is 0.301 e. The van der Waals surface area contributed by atoms with Crippen molar-refractivity contribution in [1.29, 1.82) is 0 Å². The van der Waals surface area contributed by atoms with Gasteiger partial charge in [-0.1, -0.05) is 30.8 Å². The highest BCUT2D eigenvalue weighted by Gasteiger charge is 2.13. The van der Waals surface area contributed by atoms with Crippen LogP contribution in [0, 0.1) is 13.8 Å². The highest BCUT2D eigenvalue weighted by atomic mass is 32.2. The number of thioether (sulfide) groups is 1. The first-order valence-electron chi connectivity index (χ1n) is 8.59. The Hall–Kier alpha value is -2.39. The Labute approximate surface area is 165 Å². The Morgan fingerprint density at radius 3 is 2.89 bits per heavy atom. The largest absolute Gasteiger partial charge is 0.343 e. The second-order valence-corrected chi connectivity index (χ2v) is 7.94. The Balaban J connectivity index is 1.61. The molecule has 7 nitrogen and oxygen atoms in total. The topological polar surface area (TPSA) is 92.7 Å². The summed E-state index contributed by atoms with van der Waals surface area (Å²) in [6.45, 7) is 6.70. The monoisotopic (exact) mass is 403 g/mol. The number of amides is 1. The minimum atomic E-state index is -0.252. The number of anilines is 1. The predicted molar refractivity (Wildman–Crippen MR) is 110 cm³/mol. The zero-order chi connectivity index (χ0) is 19.4. The first-order valence-corrected chi connectivity index (χ1v) is 10.5. The number of thiazole rings is 1. The third kappa shape index (κ3) is 4.67. The van der Waals surface area contributed by atoms with Crippen molar-refractivity contribution in [2.24, 2.45) is 0 Å². The van der Waals surface area contributed by atoms with Crippen molar-refractivity contribution in [2.75, 3.05) is 11.1 Å². The maximum atomic E-state index is 12.2. The number of benzene rings is 1. The average Bonchev–Trinajstić information content (AvgIpc) is 3.24. The van der Waals surface area contributed by atoms with E-state index in [0.29, 0.717) is 16.8 Å². The summed E-state index contributed by atoms with van der Waals surface area (Å²) in [6, 6.07) is 6.19. The number of carbonyl (C=O) groups is 1. The Morgan fingerprint density at radius 1 is 1.33 bits per heavy atom. The molecule has 0 unspecified atom stereocenters. The van der Waals surface area contributed by atoms with Crippen molar-refractivity contribution >= 4 is 34.1 Å². The van der Waals surface area contributed by atoms with Gasteiger partial charge < -0.3 is 5.32 Å². The number of nitrogens with zero attached hydrogens (tertiary/aromatic N) is 3. The van der Waals surface area contributed by atoms with Crippen LogP contribution in [-0.4, -0.2) is 31.4 Å². The van der Waals surface area contributed by atoms with Gasteiger partial charge in [-0.3, -0.25) is 9.36 Å². The van der Waals surface area contributed by atoms with Crippen molar-refractivity contribution in [3.63, 3.8) is 0 Å². The molecule has 0 saturated heterocycles. The lowest BCUT2D eigenvalue weighted by Crippen LogP contribution is -2.18.